The van der Waals surface area contributed by atoms with Gasteiger partial charge in [-0.3, -0.25) is 4.79 Å². The largest absolute Gasteiger partial charge is 0.309 e. The number of carbonyl (C=O) groups is 1. The van der Waals surface area contributed by atoms with Crippen molar-refractivity contribution in [2.45, 2.75) is 6.92 Å². The van der Waals surface area contributed by atoms with E-state index in [4.69, 9.17) is 0 Å². The van der Waals surface area contributed by atoms with Crippen LogP contribution in [0, 0.1) is 5.82 Å². The minimum Gasteiger partial charge on any atom is -0.309 e. The van der Waals surface area contributed by atoms with E-state index in [-0.39, 0.29) is 11.7 Å². The minimum atomic E-state index is -0.306. The number of nitrogens with zero attached hydrogens (tertiary/aromatic N) is 2. The Morgan fingerprint density at radius 3 is 2.35 bits per heavy atom. The third-order valence-electron chi connectivity index (χ3n) is 3.25. The molecule has 114 valence electrons. The average molecular weight is 307 g/mol. The topological polar surface area (TPSA) is 54.9 Å². The third-order valence-corrected chi connectivity index (χ3v) is 3.25. The van der Waals surface area contributed by atoms with Gasteiger partial charge in [-0.25, -0.2) is 14.4 Å². The van der Waals surface area contributed by atoms with E-state index in [1.54, 1.807) is 18.3 Å². The van der Waals surface area contributed by atoms with E-state index >= 15 is 0 Å². The number of hydrogen-bond acceptors (Lipinski definition) is 3. The number of rotatable bonds is 3. The van der Waals surface area contributed by atoms with E-state index in [2.05, 4.69) is 15.3 Å². The summed E-state index contributed by atoms with van der Waals surface area (Å²) in [6.45, 7) is 1.42. The lowest BCUT2D eigenvalue weighted by Gasteiger charge is -2.10. The van der Waals surface area contributed by atoms with Crippen molar-refractivity contribution in [3.8, 4) is 22.5 Å². The maximum Gasteiger partial charge on any atom is 0.222 e. The highest BCUT2D eigenvalue weighted by Gasteiger charge is 2.12. The summed E-state index contributed by atoms with van der Waals surface area (Å²) in [6, 6.07) is 15.5. The van der Waals surface area contributed by atoms with Crippen LogP contribution in [-0.4, -0.2) is 15.9 Å². The molecule has 0 atom stereocenters. The van der Waals surface area contributed by atoms with E-state index in [9.17, 15) is 9.18 Å². The highest BCUT2D eigenvalue weighted by atomic mass is 19.1. The van der Waals surface area contributed by atoms with E-state index in [1.165, 1.54) is 19.1 Å². The molecule has 0 bridgehead atoms. The number of benzene rings is 2. The van der Waals surface area contributed by atoms with Gasteiger partial charge in [-0.15, -0.1) is 0 Å². The van der Waals surface area contributed by atoms with Crippen LogP contribution in [0.15, 0.2) is 60.8 Å². The van der Waals surface area contributed by atoms with Gasteiger partial charge in [0.25, 0.3) is 0 Å². The Kier molecular flexibility index (Phi) is 4.10. The van der Waals surface area contributed by atoms with Crippen LogP contribution in [0.3, 0.4) is 0 Å². The fourth-order valence-corrected chi connectivity index (χ4v) is 2.20. The molecule has 0 saturated heterocycles. The first kappa shape index (κ1) is 14.8. The Balaban J connectivity index is 2.11. The summed E-state index contributed by atoms with van der Waals surface area (Å²) in [5, 5.41) is 2.69. The van der Waals surface area contributed by atoms with Crippen LogP contribution < -0.4 is 5.32 Å². The summed E-state index contributed by atoms with van der Waals surface area (Å²) in [7, 11) is 0. The molecule has 1 aromatic heterocycles. The van der Waals surface area contributed by atoms with E-state index in [1.807, 2.05) is 30.3 Å². The van der Waals surface area contributed by atoms with Crippen molar-refractivity contribution in [2.75, 3.05) is 5.32 Å². The lowest BCUT2D eigenvalue weighted by Crippen LogP contribution is -2.10. The van der Waals surface area contributed by atoms with Crippen LogP contribution in [-0.2, 0) is 4.79 Å². The van der Waals surface area contributed by atoms with E-state index in [0.717, 1.165) is 11.1 Å². The minimum absolute atomic E-state index is 0.217. The third kappa shape index (κ3) is 3.40. The van der Waals surface area contributed by atoms with Gasteiger partial charge in [-0.2, -0.15) is 0 Å². The monoisotopic (exact) mass is 307 g/mol. The molecule has 0 saturated carbocycles. The fourth-order valence-electron chi connectivity index (χ4n) is 2.20. The van der Waals surface area contributed by atoms with Crippen molar-refractivity contribution >= 4 is 11.7 Å². The van der Waals surface area contributed by atoms with Gasteiger partial charge < -0.3 is 5.32 Å². The number of aromatic nitrogens is 2. The molecule has 3 rings (SSSR count). The molecule has 4 nitrogen and oxygen atoms in total. The summed E-state index contributed by atoms with van der Waals surface area (Å²) in [4.78, 5) is 20.3. The molecule has 3 aromatic rings. The number of carbonyl (C=O) groups excluding carboxylic acids is 1. The van der Waals surface area contributed by atoms with Crippen LogP contribution in [0.25, 0.3) is 22.5 Å². The molecule has 5 heteroatoms. The summed E-state index contributed by atoms with van der Waals surface area (Å²) in [6.07, 6.45) is 1.56. The quantitative estimate of drug-likeness (QED) is 0.798. The van der Waals surface area contributed by atoms with Gasteiger partial charge in [0.2, 0.25) is 5.91 Å². The van der Waals surface area contributed by atoms with Gasteiger partial charge in [0.05, 0.1) is 11.9 Å². The second-order valence-electron chi connectivity index (χ2n) is 5.01. The molecular weight excluding hydrogens is 293 g/mol. The van der Waals surface area contributed by atoms with Crippen molar-refractivity contribution in [3.05, 3.63) is 66.6 Å². The molecule has 1 heterocycles. The predicted octanol–water partition coefficient (Wildman–Crippen LogP) is 3.91. The zero-order valence-corrected chi connectivity index (χ0v) is 12.5. The standard InChI is InChI=1S/C18H14FN3O/c1-12(23)21-18-17(14-5-3-2-4-6-14)22-16(11-20-18)13-7-9-15(19)10-8-13/h2-11H,1H3,(H,20,21,23). The maximum atomic E-state index is 13.1. The molecule has 0 aliphatic heterocycles. The molecule has 23 heavy (non-hydrogen) atoms. The van der Waals surface area contributed by atoms with Crippen LogP contribution in [0.2, 0.25) is 0 Å². The molecule has 0 unspecified atom stereocenters. The van der Waals surface area contributed by atoms with Crippen LogP contribution in [0.5, 0.6) is 0 Å². The van der Waals surface area contributed by atoms with Crippen LogP contribution in [0.1, 0.15) is 6.92 Å². The molecule has 0 aliphatic carbocycles. The van der Waals surface area contributed by atoms with Crippen molar-refractivity contribution in [1.82, 2.24) is 9.97 Å². The van der Waals surface area contributed by atoms with Gasteiger partial charge >= 0.3 is 0 Å². The molecule has 0 radical (unpaired) electrons. The van der Waals surface area contributed by atoms with Gasteiger partial charge in [0.15, 0.2) is 5.82 Å². The van der Waals surface area contributed by atoms with Gasteiger partial charge in [-0.1, -0.05) is 30.3 Å². The molecule has 0 fully saturated rings. The normalized spacial score (nSPS) is 10.3. The molecule has 0 aliphatic rings. The number of anilines is 1. The van der Waals surface area contributed by atoms with Crippen molar-refractivity contribution in [1.29, 1.82) is 0 Å². The van der Waals surface area contributed by atoms with Crippen LogP contribution in [0.4, 0.5) is 10.2 Å². The Morgan fingerprint density at radius 1 is 1.00 bits per heavy atom. The molecule has 1 amide bonds. The van der Waals surface area contributed by atoms with E-state index < -0.39 is 0 Å². The molecular formula is C18H14FN3O. The van der Waals surface area contributed by atoms with Gasteiger partial charge in [0.1, 0.15) is 11.5 Å². The Labute approximate surface area is 133 Å². The summed E-state index contributed by atoms with van der Waals surface area (Å²) in [5.74, 6) is -0.125. The first-order chi connectivity index (χ1) is 11.1. The van der Waals surface area contributed by atoms with Gasteiger partial charge in [-0.05, 0) is 24.3 Å². The fraction of sp³-hybridized carbons (Fsp3) is 0.0556. The molecule has 0 spiro atoms. The lowest BCUT2D eigenvalue weighted by molar-refractivity contribution is -0.114. The van der Waals surface area contributed by atoms with Crippen molar-refractivity contribution in [3.63, 3.8) is 0 Å². The van der Waals surface area contributed by atoms with Crippen LogP contribution >= 0.6 is 0 Å². The predicted molar refractivity (Wildman–Crippen MR) is 87.2 cm³/mol. The first-order valence-electron chi connectivity index (χ1n) is 7.09. The SMILES string of the molecule is CC(=O)Nc1ncc(-c2ccc(F)cc2)nc1-c1ccccc1. The summed E-state index contributed by atoms with van der Waals surface area (Å²) < 4.78 is 13.1. The number of amides is 1. The highest BCUT2D eigenvalue weighted by molar-refractivity contribution is 5.91. The van der Waals surface area contributed by atoms with E-state index in [0.29, 0.717) is 17.2 Å². The Hall–Kier alpha value is -3.08. The average Bonchev–Trinajstić information content (AvgIpc) is 2.56. The lowest BCUT2D eigenvalue weighted by atomic mass is 10.1. The summed E-state index contributed by atoms with van der Waals surface area (Å²) in [5.41, 5.74) is 2.78. The Morgan fingerprint density at radius 2 is 1.70 bits per heavy atom. The van der Waals surface area contributed by atoms with Crippen molar-refractivity contribution in [2.24, 2.45) is 0 Å². The van der Waals surface area contributed by atoms with Gasteiger partial charge in [0, 0.05) is 18.1 Å². The number of hydrogen-bond donors (Lipinski definition) is 1. The highest BCUT2D eigenvalue weighted by Crippen LogP contribution is 2.27. The first-order valence-corrected chi connectivity index (χ1v) is 7.09. The maximum absolute atomic E-state index is 13.1. The second kappa shape index (κ2) is 6.36. The second-order valence-corrected chi connectivity index (χ2v) is 5.01. The smallest absolute Gasteiger partial charge is 0.222 e. The molecule has 1 N–H and O–H groups in total. The Bertz CT molecular complexity index is 833. The summed E-state index contributed by atoms with van der Waals surface area (Å²) >= 11 is 0. The number of nitrogens with one attached hydrogen (secondary N) is 1. The van der Waals surface area contributed by atoms with Crippen molar-refractivity contribution < 1.29 is 9.18 Å². The zero-order valence-electron chi connectivity index (χ0n) is 12.5. The zero-order chi connectivity index (χ0) is 16.2. The number of halogens is 1. The molecule has 2 aromatic carbocycles.